The fourth-order valence-corrected chi connectivity index (χ4v) is 2.91. The van der Waals surface area contributed by atoms with Gasteiger partial charge in [0.15, 0.2) is 5.78 Å². The molecule has 5 nitrogen and oxygen atoms in total. The van der Waals surface area contributed by atoms with Crippen molar-refractivity contribution < 1.29 is 14.7 Å². The highest BCUT2D eigenvalue weighted by Crippen LogP contribution is 2.32. The molecule has 1 aliphatic rings. The Balaban J connectivity index is 2.22. The van der Waals surface area contributed by atoms with E-state index in [1.165, 1.54) is 11.8 Å². The average molecular weight is 262 g/mol. The number of hydrogen-bond donors (Lipinski definition) is 1. The number of Topliss-reactive ketones (excluding diaryl/α,β-unsaturated/α-hetero) is 1. The lowest BCUT2D eigenvalue weighted by molar-refractivity contribution is -0.140. The van der Waals surface area contributed by atoms with Crippen LogP contribution in [0, 0.1) is 5.92 Å². The van der Waals surface area contributed by atoms with Crippen molar-refractivity contribution in [2.75, 3.05) is 6.26 Å². The zero-order valence-corrected chi connectivity index (χ0v) is 10.4. The Morgan fingerprint density at radius 2 is 2.39 bits per heavy atom. The van der Waals surface area contributed by atoms with E-state index in [0.29, 0.717) is 5.69 Å². The third kappa shape index (κ3) is 1.38. The van der Waals surface area contributed by atoms with Gasteiger partial charge in [-0.15, -0.1) is 11.8 Å². The summed E-state index contributed by atoms with van der Waals surface area (Å²) in [5.41, 5.74) is 1.35. The summed E-state index contributed by atoms with van der Waals surface area (Å²) in [5, 5.41) is 10.8. The summed E-state index contributed by atoms with van der Waals surface area (Å²) in [6.45, 7) is 0.213. The topological polar surface area (TPSA) is 72.2 Å². The molecular weight excluding hydrogens is 252 g/mol. The zero-order chi connectivity index (χ0) is 12.9. The first-order valence-electron chi connectivity index (χ1n) is 5.42. The summed E-state index contributed by atoms with van der Waals surface area (Å²) in [4.78, 5) is 27.2. The number of rotatable bonds is 2. The number of pyridine rings is 1. The van der Waals surface area contributed by atoms with E-state index in [-0.39, 0.29) is 12.3 Å². The van der Waals surface area contributed by atoms with Crippen molar-refractivity contribution in [3.05, 3.63) is 24.0 Å². The SMILES string of the molecule is CSc1nccc2c1cc1n2CC(C(=O)O)C1=O. The number of thioether (sulfide) groups is 1. The number of fused-ring (bicyclic) bond motifs is 3. The first kappa shape index (κ1) is 11.3. The lowest BCUT2D eigenvalue weighted by atomic mass is 10.1. The maximum atomic E-state index is 12.0. The van der Waals surface area contributed by atoms with Crippen LogP contribution in [0.25, 0.3) is 10.9 Å². The second-order valence-corrected chi connectivity index (χ2v) is 4.94. The molecule has 0 bridgehead atoms. The molecule has 0 radical (unpaired) electrons. The summed E-state index contributed by atoms with van der Waals surface area (Å²) in [7, 11) is 0. The summed E-state index contributed by atoms with van der Waals surface area (Å²) >= 11 is 1.51. The molecule has 2 aromatic rings. The van der Waals surface area contributed by atoms with Crippen LogP contribution in [0.5, 0.6) is 0 Å². The van der Waals surface area contributed by atoms with Crippen LogP contribution in [0.15, 0.2) is 23.4 Å². The highest BCUT2D eigenvalue weighted by atomic mass is 32.2. The largest absolute Gasteiger partial charge is 0.481 e. The summed E-state index contributed by atoms with van der Waals surface area (Å²) in [6, 6.07) is 3.56. The molecule has 6 heteroatoms. The summed E-state index contributed by atoms with van der Waals surface area (Å²) < 4.78 is 1.78. The van der Waals surface area contributed by atoms with Crippen LogP contribution < -0.4 is 0 Å². The fourth-order valence-electron chi connectivity index (χ4n) is 2.36. The van der Waals surface area contributed by atoms with Gasteiger partial charge in [-0.1, -0.05) is 0 Å². The van der Waals surface area contributed by atoms with Gasteiger partial charge in [0.25, 0.3) is 0 Å². The molecule has 92 valence electrons. The van der Waals surface area contributed by atoms with E-state index in [2.05, 4.69) is 4.98 Å². The molecule has 0 amide bonds. The van der Waals surface area contributed by atoms with Crippen molar-refractivity contribution in [3.8, 4) is 0 Å². The Morgan fingerprint density at radius 1 is 1.61 bits per heavy atom. The van der Waals surface area contributed by atoms with Gasteiger partial charge in [-0.05, 0) is 18.4 Å². The van der Waals surface area contributed by atoms with Crippen LogP contribution in [-0.2, 0) is 11.3 Å². The Labute approximate surface area is 107 Å². The molecule has 0 fully saturated rings. The zero-order valence-electron chi connectivity index (χ0n) is 9.58. The molecular formula is C12H10N2O3S. The quantitative estimate of drug-likeness (QED) is 0.658. The van der Waals surface area contributed by atoms with Crippen molar-refractivity contribution in [3.63, 3.8) is 0 Å². The molecule has 1 aliphatic heterocycles. The van der Waals surface area contributed by atoms with E-state index >= 15 is 0 Å². The number of hydrogen-bond acceptors (Lipinski definition) is 4. The second-order valence-electron chi connectivity index (χ2n) is 4.15. The third-order valence-electron chi connectivity index (χ3n) is 3.22. The highest BCUT2D eigenvalue weighted by molar-refractivity contribution is 7.98. The lowest BCUT2D eigenvalue weighted by Gasteiger charge is -2.03. The number of aliphatic carboxylic acids is 1. The number of carbonyl (C=O) groups excluding carboxylic acids is 1. The normalized spacial score (nSPS) is 18.3. The van der Waals surface area contributed by atoms with Gasteiger partial charge < -0.3 is 9.67 Å². The number of ketones is 1. The Kier molecular flexibility index (Phi) is 2.41. The van der Waals surface area contributed by atoms with Crippen molar-refractivity contribution in [1.29, 1.82) is 0 Å². The van der Waals surface area contributed by atoms with Crippen LogP contribution >= 0.6 is 11.8 Å². The summed E-state index contributed by atoms with van der Waals surface area (Å²) in [5.74, 6) is -2.32. The molecule has 18 heavy (non-hydrogen) atoms. The van der Waals surface area contributed by atoms with Gasteiger partial charge in [0, 0.05) is 18.1 Å². The highest BCUT2D eigenvalue weighted by Gasteiger charge is 2.37. The van der Waals surface area contributed by atoms with E-state index in [9.17, 15) is 9.59 Å². The predicted molar refractivity (Wildman–Crippen MR) is 67.0 cm³/mol. The molecule has 1 N–H and O–H groups in total. The van der Waals surface area contributed by atoms with E-state index in [1.807, 2.05) is 12.3 Å². The molecule has 1 unspecified atom stereocenters. The lowest BCUT2D eigenvalue weighted by Crippen LogP contribution is -2.20. The minimum Gasteiger partial charge on any atom is -0.481 e. The van der Waals surface area contributed by atoms with Crippen molar-refractivity contribution >= 4 is 34.4 Å². The maximum Gasteiger partial charge on any atom is 0.316 e. The molecule has 2 aromatic heterocycles. The van der Waals surface area contributed by atoms with Crippen LogP contribution in [0.3, 0.4) is 0 Å². The average Bonchev–Trinajstić information content (AvgIpc) is 2.87. The minimum atomic E-state index is -1.06. The van der Waals surface area contributed by atoms with Crippen molar-refractivity contribution in [1.82, 2.24) is 9.55 Å². The molecule has 1 atom stereocenters. The van der Waals surface area contributed by atoms with Gasteiger partial charge in [0.1, 0.15) is 10.9 Å². The van der Waals surface area contributed by atoms with E-state index < -0.39 is 11.9 Å². The van der Waals surface area contributed by atoms with Gasteiger partial charge in [-0.2, -0.15) is 0 Å². The predicted octanol–water partition coefficient (Wildman–Crippen LogP) is 1.66. The molecule has 0 saturated heterocycles. The monoisotopic (exact) mass is 262 g/mol. The standard InChI is InChI=1S/C12H10N2O3S/c1-18-11-6-4-9-10(15)7(12(16)17)5-14(9)8(6)2-3-13-11/h2-4,7H,5H2,1H3,(H,16,17). The van der Waals surface area contributed by atoms with Gasteiger partial charge in [-0.25, -0.2) is 4.98 Å². The minimum absolute atomic E-state index is 0.213. The number of carboxylic acids is 1. The molecule has 3 rings (SSSR count). The first-order valence-corrected chi connectivity index (χ1v) is 6.65. The van der Waals surface area contributed by atoms with E-state index in [4.69, 9.17) is 5.11 Å². The van der Waals surface area contributed by atoms with Crippen LogP contribution in [-0.4, -0.2) is 32.7 Å². The molecule has 0 aromatic carbocycles. The Morgan fingerprint density at radius 3 is 3.06 bits per heavy atom. The van der Waals surface area contributed by atoms with Crippen LogP contribution in [0.4, 0.5) is 0 Å². The molecule has 0 spiro atoms. The van der Waals surface area contributed by atoms with Gasteiger partial charge >= 0.3 is 5.97 Å². The fraction of sp³-hybridized carbons (Fsp3) is 0.250. The Bertz CT molecular complexity index is 677. The van der Waals surface area contributed by atoms with Gasteiger partial charge in [0.2, 0.25) is 0 Å². The number of nitrogens with zero attached hydrogens (tertiary/aromatic N) is 2. The number of carbonyl (C=O) groups is 2. The van der Waals surface area contributed by atoms with Crippen LogP contribution in [0.1, 0.15) is 10.5 Å². The van der Waals surface area contributed by atoms with E-state index in [1.54, 1.807) is 16.8 Å². The summed E-state index contributed by atoms with van der Waals surface area (Å²) in [6.07, 6.45) is 3.60. The third-order valence-corrected chi connectivity index (χ3v) is 3.93. The number of aromatic nitrogens is 2. The molecule has 0 saturated carbocycles. The maximum absolute atomic E-state index is 12.0. The van der Waals surface area contributed by atoms with Crippen LogP contribution in [0.2, 0.25) is 0 Å². The first-order chi connectivity index (χ1) is 8.63. The molecule has 0 aliphatic carbocycles. The molecule has 3 heterocycles. The van der Waals surface area contributed by atoms with Crippen molar-refractivity contribution in [2.24, 2.45) is 5.92 Å². The van der Waals surface area contributed by atoms with E-state index in [0.717, 1.165) is 15.9 Å². The van der Waals surface area contributed by atoms with Gasteiger partial charge in [-0.3, -0.25) is 9.59 Å². The van der Waals surface area contributed by atoms with Crippen molar-refractivity contribution in [2.45, 2.75) is 11.6 Å². The number of carboxylic acid groups (broad SMARTS) is 1. The smallest absolute Gasteiger partial charge is 0.316 e. The second kappa shape index (κ2) is 3.84. The van der Waals surface area contributed by atoms with Gasteiger partial charge in [0.05, 0.1) is 11.2 Å². The Hall–Kier alpha value is -1.82.